The van der Waals surface area contributed by atoms with E-state index in [-0.39, 0.29) is 41.2 Å². The van der Waals surface area contributed by atoms with Gasteiger partial charge >= 0.3 is 7.12 Å². The first-order chi connectivity index (χ1) is 21.7. The molecule has 5 rings (SSSR count). The smallest absolute Gasteiger partial charge is 0.404 e. The predicted octanol–water partition coefficient (Wildman–Crippen LogP) is 5.53. The lowest BCUT2D eigenvalue weighted by atomic mass is 9.43. The van der Waals surface area contributed by atoms with Gasteiger partial charge in [0, 0.05) is 13.0 Å². The Kier molecular flexibility index (Phi) is 12.4. The predicted molar refractivity (Wildman–Crippen MR) is 178 cm³/mol. The number of hydrogen-bond acceptors (Lipinski definition) is 6. The molecule has 12 heteroatoms. The van der Waals surface area contributed by atoms with Crippen LogP contribution >= 0.6 is 0 Å². The van der Waals surface area contributed by atoms with Gasteiger partial charge in [-0.15, -0.1) is 0 Å². The molecule has 6 atom stereocenters. The number of unbranched alkanes of at least 4 members (excludes halogenated alkanes) is 6. The molecule has 0 unspecified atom stereocenters. The molecule has 9 nitrogen and oxygen atoms in total. The summed E-state index contributed by atoms with van der Waals surface area (Å²) in [5.41, 5.74) is -0.273. The number of nitrogens with one attached hydrogen (secondary N) is 3. The number of rotatable bonds is 18. The largest absolute Gasteiger partial charge is 0.481 e. The van der Waals surface area contributed by atoms with Gasteiger partial charge in [-0.1, -0.05) is 73.1 Å². The quantitative estimate of drug-likeness (QED) is 0.140. The standard InChI is InChI=1S/C34H55BFN3O6S/c1-7-8-9-10-11-12-13-14-31(40)38-27(22-37-46(42,43)26-17-15-25(36)16-18-26)32(41)39-30(19-23(2)3)35-44-29-21-24-20-28(33(24,4)5)34(29,6)45-35/h15-18,23-24,27-30,37H,7-14,19-22H2,1-6H3,(H,38,40)(H,39,41)/t24-,27-,28-,29+,30-,34-/m0/s1. The molecule has 3 aliphatic carbocycles. The first-order valence-electron chi connectivity index (χ1n) is 17.4. The Hall–Kier alpha value is -2.02. The first-order valence-corrected chi connectivity index (χ1v) is 18.8. The molecule has 1 aliphatic heterocycles. The second-order valence-electron chi connectivity index (χ2n) is 14.9. The molecule has 1 aromatic rings. The lowest BCUT2D eigenvalue weighted by Crippen LogP contribution is -2.65. The van der Waals surface area contributed by atoms with Crippen molar-refractivity contribution in [2.45, 2.75) is 141 Å². The van der Waals surface area contributed by atoms with Gasteiger partial charge in [0.05, 0.1) is 22.5 Å². The van der Waals surface area contributed by atoms with Gasteiger partial charge in [-0.2, -0.15) is 0 Å². The molecule has 3 N–H and O–H groups in total. The number of hydrogen-bond donors (Lipinski definition) is 3. The normalized spacial score (nSPS) is 26.3. The lowest BCUT2D eigenvalue weighted by molar-refractivity contribution is -0.199. The summed E-state index contributed by atoms with van der Waals surface area (Å²) < 4.78 is 55.1. The van der Waals surface area contributed by atoms with E-state index in [9.17, 15) is 22.4 Å². The Morgan fingerprint density at radius 1 is 1.00 bits per heavy atom. The van der Waals surface area contributed by atoms with Crippen molar-refractivity contribution in [1.29, 1.82) is 0 Å². The number of halogens is 1. The van der Waals surface area contributed by atoms with Crippen molar-refractivity contribution in [2.24, 2.45) is 23.2 Å². The van der Waals surface area contributed by atoms with Crippen molar-refractivity contribution in [3.05, 3.63) is 30.1 Å². The SMILES string of the molecule is CCCCCCCCCC(=O)N[C@@H](CNS(=O)(=O)c1ccc(F)cc1)C(=O)N[C@@H](CC(C)C)B1O[C@@H]2C[C@@H]3C[C@@H](C3(C)C)[C@]2(C)O1. The number of benzene rings is 1. The molecule has 4 aliphatic rings. The molecule has 46 heavy (non-hydrogen) atoms. The molecule has 1 saturated heterocycles. The molecule has 2 bridgehead atoms. The molecular formula is C34H55BFN3O6S. The first kappa shape index (κ1) is 36.8. The average Bonchev–Trinajstić information content (AvgIpc) is 3.35. The molecular weight excluding hydrogens is 608 g/mol. The highest BCUT2D eigenvalue weighted by molar-refractivity contribution is 7.89. The zero-order chi connectivity index (χ0) is 33.7. The highest BCUT2D eigenvalue weighted by Crippen LogP contribution is 2.65. The minimum atomic E-state index is -4.07. The monoisotopic (exact) mass is 663 g/mol. The molecule has 1 aromatic carbocycles. The van der Waals surface area contributed by atoms with Crippen molar-refractivity contribution in [3.63, 3.8) is 0 Å². The molecule has 2 amide bonds. The van der Waals surface area contributed by atoms with Crippen LogP contribution in [0.5, 0.6) is 0 Å². The van der Waals surface area contributed by atoms with Gasteiger partial charge < -0.3 is 19.9 Å². The van der Waals surface area contributed by atoms with Gasteiger partial charge in [0.15, 0.2) is 0 Å². The molecule has 0 aromatic heterocycles. The Morgan fingerprint density at radius 2 is 1.65 bits per heavy atom. The van der Waals surface area contributed by atoms with Crippen molar-refractivity contribution in [3.8, 4) is 0 Å². The topological polar surface area (TPSA) is 123 Å². The van der Waals surface area contributed by atoms with Crippen LogP contribution in [0.2, 0.25) is 0 Å². The molecule has 3 saturated carbocycles. The van der Waals surface area contributed by atoms with E-state index >= 15 is 0 Å². The van der Waals surface area contributed by atoms with E-state index in [2.05, 4.69) is 56.9 Å². The highest BCUT2D eigenvalue weighted by atomic mass is 32.2. The van der Waals surface area contributed by atoms with Crippen LogP contribution in [0.25, 0.3) is 0 Å². The van der Waals surface area contributed by atoms with E-state index in [0.717, 1.165) is 56.4 Å². The van der Waals surface area contributed by atoms with E-state index in [1.165, 1.54) is 19.3 Å². The third-order valence-corrected chi connectivity index (χ3v) is 12.1. The Labute approximate surface area is 276 Å². The second kappa shape index (κ2) is 15.5. The summed E-state index contributed by atoms with van der Waals surface area (Å²) in [5, 5.41) is 5.84. The number of amides is 2. The summed E-state index contributed by atoms with van der Waals surface area (Å²) in [6.45, 7) is 12.6. The summed E-state index contributed by atoms with van der Waals surface area (Å²) in [6, 6.07) is 3.26. The van der Waals surface area contributed by atoms with E-state index in [0.29, 0.717) is 24.7 Å². The molecule has 258 valence electrons. The third kappa shape index (κ3) is 8.71. The van der Waals surface area contributed by atoms with E-state index in [4.69, 9.17) is 9.31 Å². The summed E-state index contributed by atoms with van der Waals surface area (Å²) >= 11 is 0. The van der Waals surface area contributed by atoms with Crippen LogP contribution in [0.1, 0.15) is 112 Å². The molecule has 0 radical (unpaired) electrons. The van der Waals surface area contributed by atoms with E-state index < -0.39 is 46.5 Å². The fourth-order valence-electron chi connectivity index (χ4n) is 7.71. The molecule has 0 spiro atoms. The van der Waals surface area contributed by atoms with Gasteiger partial charge in [-0.25, -0.2) is 17.5 Å². The second-order valence-corrected chi connectivity index (χ2v) is 16.6. The molecule has 4 fully saturated rings. The summed E-state index contributed by atoms with van der Waals surface area (Å²) in [5.74, 6) is -0.728. The lowest BCUT2D eigenvalue weighted by Gasteiger charge is -2.64. The van der Waals surface area contributed by atoms with Crippen LogP contribution in [-0.2, 0) is 28.9 Å². The van der Waals surface area contributed by atoms with E-state index in [1.54, 1.807) is 0 Å². The van der Waals surface area contributed by atoms with Crippen molar-refractivity contribution in [2.75, 3.05) is 6.54 Å². The van der Waals surface area contributed by atoms with Crippen molar-refractivity contribution >= 4 is 29.0 Å². The summed E-state index contributed by atoms with van der Waals surface area (Å²) in [4.78, 5) is 26.7. The zero-order valence-corrected chi connectivity index (χ0v) is 29.4. The van der Waals surface area contributed by atoms with Crippen LogP contribution < -0.4 is 15.4 Å². The Balaban J connectivity index is 1.44. The summed E-state index contributed by atoms with van der Waals surface area (Å²) in [7, 11) is -4.73. The van der Waals surface area contributed by atoms with Gasteiger partial charge in [0.2, 0.25) is 21.8 Å². The molecule has 1 heterocycles. The van der Waals surface area contributed by atoms with Gasteiger partial charge in [-0.3, -0.25) is 9.59 Å². The maximum Gasteiger partial charge on any atom is 0.481 e. The van der Waals surface area contributed by atoms with Gasteiger partial charge in [0.25, 0.3) is 0 Å². The minimum absolute atomic E-state index is 0.0548. The van der Waals surface area contributed by atoms with E-state index in [1.807, 2.05) is 0 Å². The van der Waals surface area contributed by atoms with Crippen LogP contribution in [0.15, 0.2) is 29.2 Å². The minimum Gasteiger partial charge on any atom is -0.404 e. The third-order valence-electron chi connectivity index (χ3n) is 10.6. The number of carbonyl (C=O) groups is 2. The average molecular weight is 664 g/mol. The summed E-state index contributed by atoms with van der Waals surface area (Å²) in [6.07, 6.45) is 10.1. The number of carbonyl (C=O) groups excluding carboxylic acids is 2. The van der Waals surface area contributed by atoms with Crippen LogP contribution in [-0.4, -0.2) is 57.6 Å². The zero-order valence-electron chi connectivity index (χ0n) is 28.6. The maximum atomic E-state index is 13.9. The van der Waals surface area contributed by atoms with Crippen LogP contribution in [0, 0.1) is 29.0 Å². The Bertz CT molecular complexity index is 1300. The van der Waals surface area contributed by atoms with Gasteiger partial charge in [-0.05, 0) is 80.0 Å². The van der Waals surface area contributed by atoms with Crippen molar-refractivity contribution < 1.29 is 31.7 Å². The van der Waals surface area contributed by atoms with Gasteiger partial charge in [0.1, 0.15) is 11.9 Å². The fourth-order valence-corrected chi connectivity index (χ4v) is 8.76. The maximum absolute atomic E-state index is 13.9. The van der Waals surface area contributed by atoms with Crippen LogP contribution in [0.4, 0.5) is 4.39 Å². The Morgan fingerprint density at radius 3 is 2.28 bits per heavy atom. The van der Waals surface area contributed by atoms with Crippen LogP contribution in [0.3, 0.4) is 0 Å². The fraction of sp³-hybridized carbons (Fsp3) is 0.765. The number of sulfonamides is 1. The van der Waals surface area contributed by atoms with Crippen molar-refractivity contribution in [1.82, 2.24) is 15.4 Å². The highest BCUT2D eigenvalue weighted by Gasteiger charge is 2.68.